The Balaban J connectivity index is 1.50. The van der Waals surface area contributed by atoms with Gasteiger partial charge in [-0.15, -0.1) is 0 Å². The first kappa shape index (κ1) is 18.0. The number of aromatic nitrogens is 1. The monoisotopic (exact) mass is 360 g/mol. The Morgan fingerprint density at radius 2 is 1.96 bits per heavy atom. The fourth-order valence-electron chi connectivity index (χ4n) is 4.45. The van der Waals surface area contributed by atoms with Crippen LogP contribution in [0.15, 0.2) is 60.9 Å². The molecule has 1 aromatic heterocycles. The van der Waals surface area contributed by atoms with E-state index in [2.05, 4.69) is 52.4 Å². The number of fused-ring (bicyclic) bond motifs is 1. The van der Waals surface area contributed by atoms with Crippen molar-refractivity contribution in [3.05, 3.63) is 77.6 Å². The highest BCUT2D eigenvalue weighted by atomic mass is 16.2. The van der Waals surface area contributed by atoms with Crippen molar-refractivity contribution < 1.29 is 4.79 Å². The maximum absolute atomic E-state index is 13.5. The number of benzene rings is 1. The van der Waals surface area contributed by atoms with Crippen LogP contribution in [0.2, 0.25) is 0 Å². The molecule has 2 aromatic rings. The second-order valence-corrected chi connectivity index (χ2v) is 7.94. The predicted octanol–water partition coefficient (Wildman–Crippen LogP) is 4.57. The molecule has 3 nitrogen and oxygen atoms in total. The fraction of sp³-hybridized carbons (Fsp3) is 0.417. The van der Waals surface area contributed by atoms with Gasteiger partial charge in [-0.05, 0) is 67.2 Å². The quantitative estimate of drug-likeness (QED) is 0.732. The number of rotatable bonds is 5. The van der Waals surface area contributed by atoms with E-state index >= 15 is 0 Å². The third kappa shape index (κ3) is 4.47. The number of hydrogen-bond donors (Lipinski definition) is 0. The van der Waals surface area contributed by atoms with Crippen molar-refractivity contribution in [3.8, 4) is 0 Å². The summed E-state index contributed by atoms with van der Waals surface area (Å²) in [7, 11) is 0. The average Bonchev–Trinajstić information content (AvgIpc) is 2.74. The zero-order valence-corrected chi connectivity index (χ0v) is 15.9. The molecule has 0 bridgehead atoms. The molecule has 2 atom stereocenters. The predicted molar refractivity (Wildman–Crippen MR) is 108 cm³/mol. The largest absolute Gasteiger partial charge is 0.338 e. The summed E-state index contributed by atoms with van der Waals surface area (Å²) in [5.41, 5.74) is 3.88. The summed E-state index contributed by atoms with van der Waals surface area (Å²) in [5.74, 6) is 1.00. The Morgan fingerprint density at radius 3 is 2.74 bits per heavy atom. The molecule has 0 spiro atoms. The van der Waals surface area contributed by atoms with E-state index in [1.165, 1.54) is 17.5 Å². The number of carbonyl (C=O) groups is 1. The van der Waals surface area contributed by atoms with Crippen LogP contribution >= 0.6 is 0 Å². The second-order valence-electron chi connectivity index (χ2n) is 7.94. The van der Waals surface area contributed by atoms with Gasteiger partial charge in [0.25, 0.3) is 0 Å². The first-order chi connectivity index (χ1) is 13.3. The van der Waals surface area contributed by atoms with Crippen LogP contribution < -0.4 is 0 Å². The minimum absolute atomic E-state index is 0.107. The van der Waals surface area contributed by atoms with E-state index in [0.717, 1.165) is 44.2 Å². The number of aryl methyl sites for hydroxylation is 1. The molecule has 0 fully saturated rings. The van der Waals surface area contributed by atoms with Gasteiger partial charge in [0.1, 0.15) is 0 Å². The van der Waals surface area contributed by atoms with Gasteiger partial charge in [-0.25, -0.2) is 0 Å². The number of carbonyl (C=O) groups excluding carboxylic acids is 1. The van der Waals surface area contributed by atoms with Crippen molar-refractivity contribution in [1.29, 1.82) is 0 Å². The minimum atomic E-state index is 0.107. The molecular weight excluding hydrogens is 332 g/mol. The molecule has 0 saturated heterocycles. The zero-order valence-electron chi connectivity index (χ0n) is 15.9. The Kier molecular flexibility index (Phi) is 5.66. The summed E-state index contributed by atoms with van der Waals surface area (Å²) in [6, 6.07) is 12.6. The third-order valence-electron chi connectivity index (χ3n) is 5.96. The zero-order chi connectivity index (χ0) is 18.5. The smallest absolute Gasteiger partial charge is 0.226 e. The molecule has 0 N–H and O–H groups in total. The second kappa shape index (κ2) is 8.51. The number of pyridine rings is 1. The number of hydrogen-bond acceptors (Lipinski definition) is 2. The molecule has 1 aromatic carbocycles. The van der Waals surface area contributed by atoms with Crippen molar-refractivity contribution in [3.63, 3.8) is 0 Å². The summed E-state index contributed by atoms with van der Waals surface area (Å²) in [6.45, 7) is 1.53. The molecular formula is C24H28N2O. The summed E-state index contributed by atoms with van der Waals surface area (Å²) in [6.07, 6.45) is 14.5. The molecule has 140 valence electrons. The van der Waals surface area contributed by atoms with Crippen LogP contribution in [0.3, 0.4) is 0 Å². The van der Waals surface area contributed by atoms with Gasteiger partial charge in [-0.1, -0.05) is 42.5 Å². The van der Waals surface area contributed by atoms with Crippen molar-refractivity contribution in [1.82, 2.24) is 9.88 Å². The van der Waals surface area contributed by atoms with Gasteiger partial charge in [0.2, 0.25) is 5.91 Å². The van der Waals surface area contributed by atoms with Crippen LogP contribution in [0, 0.1) is 11.8 Å². The van der Waals surface area contributed by atoms with Crippen LogP contribution in [-0.4, -0.2) is 22.3 Å². The lowest BCUT2D eigenvalue weighted by Gasteiger charge is -2.33. The van der Waals surface area contributed by atoms with Crippen molar-refractivity contribution in [2.45, 2.75) is 45.1 Å². The normalized spacial score (nSPS) is 21.5. The lowest BCUT2D eigenvalue weighted by atomic mass is 9.83. The van der Waals surface area contributed by atoms with Crippen LogP contribution in [0.25, 0.3) is 0 Å². The van der Waals surface area contributed by atoms with Crippen molar-refractivity contribution in [2.24, 2.45) is 11.8 Å². The fourth-order valence-corrected chi connectivity index (χ4v) is 4.45. The van der Waals surface area contributed by atoms with Gasteiger partial charge in [-0.2, -0.15) is 0 Å². The number of allylic oxidation sites excluding steroid dienone is 2. The van der Waals surface area contributed by atoms with Gasteiger partial charge in [0.15, 0.2) is 0 Å². The highest BCUT2D eigenvalue weighted by Gasteiger charge is 2.29. The molecule has 1 heterocycles. The Labute approximate surface area is 162 Å². The standard InChI is InChI=1S/C24H28N2O/c27-24(23-13-12-21-10-4-5-11-22(21)15-23)26(17-19-7-2-1-3-8-19)18-20-9-6-14-25-16-20/h1-2,4-6,9-11,14,16,19,23H,3,7-8,12-13,15,17-18H2/t19-,23-/m0/s1. The Bertz CT molecular complexity index is 799. The summed E-state index contributed by atoms with van der Waals surface area (Å²) >= 11 is 0. The Hall–Kier alpha value is -2.42. The van der Waals surface area contributed by atoms with Gasteiger partial charge < -0.3 is 4.90 Å². The van der Waals surface area contributed by atoms with Gasteiger partial charge in [-0.3, -0.25) is 9.78 Å². The SMILES string of the molecule is O=C([C@H]1CCc2ccccc2C1)N(Cc1cccnc1)C[C@H]1CC=CCC1. The first-order valence-electron chi connectivity index (χ1n) is 10.2. The van der Waals surface area contributed by atoms with Crippen LogP contribution in [-0.2, 0) is 24.2 Å². The molecule has 0 unspecified atom stereocenters. The highest BCUT2D eigenvalue weighted by molar-refractivity contribution is 5.79. The first-order valence-corrected chi connectivity index (χ1v) is 10.2. The van der Waals surface area contributed by atoms with Gasteiger partial charge >= 0.3 is 0 Å². The molecule has 0 saturated carbocycles. The van der Waals surface area contributed by atoms with Gasteiger partial charge in [0.05, 0.1) is 0 Å². The number of nitrogens with zero attached hydrogens (tertiary/aromatic N) is 2. The summed E-state index contributed by atoms with van der Waals surface area (Å²) in [5, 5.41) is 0. The lowest BCUT2D eigenvalue weighted by molar-refractivity contribution is -0.137. The van der Waals surface area contributed by atoms with Crippen molar-refractivity contribution in [2.75, 3.05) is 6.54 Å². The average molecular weight is 361 g/mol. The van der Waals surface area contributed by atoms with Crippen LogP contribution in [0.4, 0.5) is 0 Å². The van der Waals surface area contributed by atoms with E-state index in [9.17, 15) is 4.79 Å². The van der Waals surface area contributed by atoms with Gasteiger partial charge in [0, 0.05) is 31.4 Å². The molecule has 2 aliphatic rings. The highest BCUT2D eigenvalue weighted by Crippen LogP contribution is 2.28. The lowest BCUT2D eigenvalue weighted by Crippen LogP contribution is -2.41. The van der Waals surface area contributed by atoms with E-state index < -0.39 is 0 Å². The van der Waals surface area contributed by atoms with E-state index in [0.29, 0.717) is 18.4 Å². The molecule has 3 heteroatoms. The van der Waals surface area contributed by atoms with E-state index in [-0.39, 0.29) is 5.92 Å². The molecule has 4 rings (SSSR count). The van der Waals surface area contributed by atoms with E-state index in [1.807, 2.05) is 12.3 Å². The molecule has 2 aliphatic carbocycles. The van der Waals surface area contributed by atoms with Crippen LogP contribution in [0.1, 0.15) is 42.4 Å². The maximum atomic E-state index is 13.5. The maximum Gasteiger partial charge on any atom is 0.226 e. The van der Waals surface area contributed by atoms with E-state index in [1.54, 1.807) is 6.20 Å². The Morgan fingerprint density at radius 1 is 1.07 bits per heavy atom. The van der Waals surface area contributed by atoms with Crippen molar-refractivity contribution >= 4 is 5.91 Å². The minimum Gasteiger partial charge on any atom is -0.338 e. The topological polar surface area (TPSA) is 33.2 Å². The summed E-state index contributed by atoms with van der Waals surface area (Å²) < 4.78 is 0. The molecule has 1 amide bonds. The molecule has 0 aliphatic heterocycles. The molecule has 0 radical (unpaired) electrons. The number of amides is 1. The van der Waals surface area contributed by atoms with E-state index in [4.69, 9.17) is 0 Å². The third-order valence-corrected chi connectivity index (χ3v) is 5.96. The molecule has 27 heavy (non-hydrogen) atoms. The van der Waals surface area contributed by atoms with Crippen LogP contribution in [0.5, 0.6) is 0 Å². The summed E-state index contributed by atoms with van der Waals surface area (Å²) in [4.78, 5) is 19.8.